The molecule has 782 valence electrons. The van der Waals surface area contributed by atoms with Crippen molar-refractivity contribution in [1.29, 1.82) is 0 Å². The van der Waals surface area contributed by atoms with Crippen LogP contribution in [-0.4, -0.2) is 187 Å². The summed E-state index contributed by atoms with van der Waals surface area (Å²) in [4.78, 5) is 94.7. The lowest BCUT2D eigenvalue weighted by atomic mass is 9.98. The fourth-order valence-electron chi connectivity index (χ4n) is 16.2. The largest absolute Gasteiger partial charge is 0.508 e. The number of aliphatic carboxylic acids is 1. The Morgan fingerprint density at radius 1 is 0.411 bits per heavy atom. The number of benzene rings is 8. The Hall–Kier alpha value is -15.5. The molecule has 0 aliphatic carbocycles. The number of carboxylic acid groups (broad SMARTS) is 1. The predicted molar refractivity (Wildman–Crippen MR) is 544 cm³/mol. The van der Waals surface area contributed by atoms with Crippen LogP contribution < -0.4 is 82.1 Å². The lowest BCUT2D eigenvalue weighted by Gasteiger charge is -2.33. The molecule has 17 rings (SSSR count). The Bertz CT molecular complexity index is 7640. The summed E-state index contributed by atoms with van der Waals surface area (Å²) < 4.78 is 159. The van der Waals surface area contributed by atoms with E-state index in [0.717, 1.165) is 73.7 Å². The van der Waals surface area contributed by atoms with Gasteiger partial charge in [0.05, 0.1) is 86.7 Å². The maximum absolute atomic E-state index is 13.3. The first-order valence-corrected chi connectivity index (χ1v) is 49.6. The highest BCUT2D eigenvalue weighted by molar-refractivity contribution is 7.93. The quantitative estimate of drug-likeness (QED) is 0.0292. The number of imidazole rings is 6. The van der Waals surface area contributed by atoms with Crippen LogP contribution in [0.3, 0.4) is 0 Å². The molecular formula is C100H122F3N19O22S2. The van der Waals surface area contributed by atoms with Gasteiger partial charge in [-0.25, -0.2) is 43.5 Å². The molecule has 9 N–H and O–H groups in total. The third-order valence-corrected chi connectivity index (χ3v) is 27.1. The second kappa shape index (κ2) is 44.4. The van der Waals surface area contributed by atoms with Crippen LogP contribution >= 0.6 is 0 Å². The van der Waals surface area contributed by atoms with Crippen LogP contribution in [0.1, 0.15) is 91.7 Å². The van der Waals surface area contributed by atoms with Crippen molar-refractivity contribution < 1.29 is 97.2 Å². The molecule has 0 radical (unpaired) electrons. The van der Waals surface area contributed by atoms with Crippen molar-refractivity contribution >= 4 is 105 Å². The van der Waals surface area contributed by atoms with Gasteiger partial charge in [0, 0.05) is 158 Å². The molecule has 46 heteroatoms. The molecule has 3 saturated heterocycles. The van der Waals surface area contributed by atoms with E-state index in [2.05, 4.69) is 24.7 Å². The zero-order valence-electron chi connectivity index (χ0n) is 84.3. The van der Waals surface area contributed by atoms with E-state index in [1.807, 2.05) is 84.0 Å². The smallest absolute Gasteiger partial charge is 0.490 e. The lowest BCUT2D eigenvalue weighted by molar-refractivity contribution is -0.192. The summed E-state index contributed by atoms with van der Waals surface area (Å²) in [5.74, 6) is 4.84. The number of ether oxygens (including phenoxy) is 9. The molecule has 3 fully saturated rings. The zero-order valence-corrected chi connectivity index (χ0v) is 85.9. The number of carboxylic acids is 1. The van der Waals surface area contributed by atoms with E-state index in [0.29, 0.717) is 155 Å². The Kier molecular flexibility index (Phi) is 32.8. The Morgan fingerprint density at radius 3 is 0.966 bits per heavy atom. The number of rotatable bonds is 23. The van der Waals surface area contributed by atoms with Gasteiger partial charge in [-0.05, 0) is 198 Å². The van der Waals surface area contributed by atoms with Crippen LogP contribution in [0.25, 0.3) is 44.1 Å². The van der Waals surface area contributed by atoms with Gasteiger partial charge >= 0.3 is 47.1 Å². The fourth-order valence-corrected chi connectivity index (χ4v) is 18.4. The Morgan fingerprint density at radius 2 is 0.678 bits per heavy atom. The van der Waals surface area contributed by atoms with E-state index >= 15 is 0 Å². The molecule has 146 heavy (non-hydrogen) atoms. The second-order valence-corrected chi connectivity index (χ2v) is 41.1. The number of fused-ring (bicyclic) bond motifs is 4. The minimum atomic E-state index is -5.08. The van der Waals surface area contributed by atoms with Crippen molar-refractivity contribution in [3.63, 3.8) is 0 Å². The van der Waals surface area contributed by atoms with E-state index in [9.17, 15) is 63.9 Å². The number of phenolic OH excluding ortho intramolecular Hbond substituents is 1. The number of anilines is 4. The van der Waals surface area contributed by atoms with Crippen LogP contribution in [0.5, 0.6) is 69.0 Å². The number of sulfonamides is 2. The third-order valence-electron chi connectivity index (χ3n) is 24.6. The molecule has 2 amide bonds. The number of piperidine rings is 3. The molecule has 9 heterocycles. The molecule has 0 unspecified atom stereocenters. The lowest BCUT2D eigenvalue weighted by Crippen LogP contribution is -2.42. The number of aryl methyl sites for hydroxylation is 12. The molecular weight excluding hydrogens is 1940 g/mol. The number of nitrogens with zero attached hydrogens (tertiary/aromatic N) is 14. The van der Waals surface area contributed by atoms with E-state index in [4.69, 9.17) is 64.0 Å². The van der Waals surface area contributed by atoms with Crippen molar-refractivity contribution in [3.05, 3.63) is 212 Å². The van der Waals surface area contributed by atoms with Crippen LogP contribution in [0.4, 0.5) is 45.5 Å². The van der Waals surface area contributed by atoms with Gasteiger partial charge in [0.2, 0.25) is 0 Å². The fraction of sp³-hybridized carbons (Fsp3) is 0.390. The summed E-state index contributed by atoms with van der Waals surface area (Å²) in [6.45, 7) is 20.8. The number of halogens is 3. The van der Waals surface area contributed by atoms with Crippen LogP contribution in [-0.2, 0) is 105 Å². The normalized spacial score (nSPS) is 14.0. The number of alkyl halides is 3. The van der Waals surface area contributed by atoms with Crippen molar-refractivity contribution in [2.75, 3.05) is 80.0 Å². The van der Waals surface area contributed by atoms with Gasteiger partial charge in [0.25, 0.3) is 20.0 Å². The molecule has 3 aliphatic rings. The maximum Gasteiger partial charge on any atom is 0.490 e. The zero-order chi connectivity index (χ0) is 106. The number of carbonyl (C=O) groups is 3. The molecule has 14 aromatic rings. The van der Waals surface area contributed by atoms with E-state index in [1.165, 1.54) is 45.9 Å². The summed E-state index contributed by atoms with van der Waals surface area (Å²) >= 11 is 0. The SMILES string of the molecule is Cc1nc(S(=O)(=O)Nc2cc3c(cc2Oc2cccc(OCC4CCN(C(=O)OC(C)(C)C)CC4)c2)n(C)c(=O)n3C)cn1C.Cc1nc(S(=O)(=O)Nc2cc3c(cc2Oc2cccc(OCC4CCNCC4)c2)n(C)c(=O)n3C)cn1C.Cn1c(=O)n(C)c2cc(Oc3cccc(O)c3)c(N)cc21.Cn1c(=O)n(C)c2cc(Oc3cccc(OCC4CCN(C(=O)OC(C)(C)C)CC4)c3)c(N)cc21.O=C(O)C(F)(F)F. The number of hydrogen-bond acceptors (Lipinski definition) is 26. The summed E-state index contributed by atoms with van der Waals surface area (Å²) in [5, 5.41) is 19.7. The van der Waals surface area contributed by atoms with Crippen LogP contribution in [0.2, 0.25) is 0 Å². The minimum Gasteiger partial charge on any atom is -0.508 e. The van der Waals surface area contributed by atoms with Gasteiger partial charge in [-0.3, -0.25) is 46.0 Å². The van der Waals surface area contributed by atoms with Gasteiger partial charge < -0.3 is 88.6 Å². The first-order valence-electron chi connectivity index (χ1n) is 46.7. The highest BCUT2D eigenvalue weighted by Crippen LogP contribution is 2.41. The number of nitrogens with two attached hydrogens (primary N) is 2. The molecule has 0 bridgehead atoms. The molecule has 3 aliphatic heterocycles. The van der Waals surface area contributed by atoms with Crippen LogP contribution in [0.15, 0.2) is 187 Å². The van der Waals surface area contributed by atoms with Crippen molar-refractivity contribution in [1.82, 2.24) is 70.8 Å². The van der Waals surface area contributed by atoms with Gasteiger partial charge in [-0.15, -0.1) is 0 Å². The summed E-state index contributed by atoms with van der Waals surface area (Å²) in [7, 11) is 8.70. The molecule has 0 saturated carbocycles. The number of likely N-dealkylation sites (tertiary alicyclic amines) is 2. The van der Waals surface area contributed by atoms with Gasteiger partial charge in [-0.2, -0.15) is 30.0 Å². The number of carbonyl (C=O) groups excluding carboxylic acids is 2. The number of amides is 2. The van der Waals surface area contributed by atoms with E-state index < -0.39 is 43.4 Å². The average molecular weight is 2060 g/mol. The van der Waals surface area contributed by atoms with E-state index in [-0.39, 0.29) is 79.5 Å². The van der Waals surface area contributed by atoms with Crippen LogP contribution in [0, 0.1) is 31.6 Å². The monoisotopic (exact) mass is 2060 g/mol. The molecule has 0 spiro atoms. The maximum atomic E-state index is 13.3. The van der Waals surface area contributed by atoms with Gasteiger partial charge in [0.15, 0.2) is 33.0 Å². The summed E-state index contributed by atoms with van der Waals surface area (Å²) in [6.07, 6.45) is 2.71. The highest BCUT2D eigenvalue weighted by Gasteiger charge is 2.39. The number of hydrogen-bond donors (Lipinski definition) is 7. The second-order valence-electron chi connectivity index (χ2n) is 37.8. The third kappa shape index (κ3) is 26.4. The Balaban J connectivity index is 0.000000163. The van der Waals surface area contributed by atoms with Gasteiger partial charge in [0.1, 0.15) is 68.8 Å². The van der Waals surface area contributed by atoms with Crippen molar-refractivity contribution in [3.8, 4) is 69.0 Å². The number of nitrogens with one attached hydrogen (secondary N) is 3. The predicted octanol–water partition coefficient (Wildman–Crippen LogP) is 14.3. The van der Waals surface area contributed by atoms with E-state index in [1.54, 1.807) is 209 Å². The van der Waals surface area contributed by atoms with Crippen molar-refractivity contribution in [2.24, 2.45) is 88.2 Å². The first kappa shape index (κ1) is 108. The average Bonchev–Trinajstić information content (AvgIpc) is 1.63. The standard InChI is InChI=1S/C31H40N6O7S.C26H32N6O5S.C26H34N4O5.C15H15N3O3.C2HF3O2/c1-20-32-28(18-34(20)5)45(40,41)33-24-16-25-26(36(7)29(38)35(25)6)17-27(24)43-23-10-8-9-22(15-23)42-19-21-11-13-37(14-12-21)30(39)44-31(2,3)4;1-17-28-25(15-30(17)2)38(34,35)29-21-13-22-23(32(4)26(33)31(22)3)14-24(21)37-20-7-5-6-19(12-20)36-16-18-8-10-27-11-9-18;1-26(2,3)35-25(32)30-11-9-17(10-12-30)16-33-18-7-6-8-19(13-18)34-23-15-22-21(14-20(23)27)28(4)24(31)29(22)5;1-17-12-7-11(16)14(8-13(12)18(2)15(17)20)21-10-5-3-4-9(19)6-10;3-2(4,5)1(6)7/h8-10,15-18,21,33H,11-14,19H2,1-7H3;5-7,12-15,18,27,29H,8-11,16H2,1-4H3;6-8,13-15,17H,9-12,16,27H2,1-5H3;3-8,19H,16H2,1-2H3;(H,6,7). The number of aromatic nitrogens is 12. The molecule has 6 aromatic heterocycles. The molecule has 8 aromatic carbocycles. The summed E-state index contributed by atoms with van der Waals surface area (Å²) in [5.41, 5.74) is 16.8. The molecule has 41 nitrogen and oxygen atoms in total. The van der Waals surface area contributed by atoms with Gasteiger partial charge in [-0.1, -0.05) is 24.3 Å². The topological polar surface area (TPSA) is 481 Å². The highest BCUT2D eigenvalue weighted by atomic mass is 32.2. The Labute approximate surface area is 838 Å². The number of aromatic hydroxyl groups is 1. The summed E-state index contributed by atoms with van der Waals surface area (Å²) in [6, 6.07) is 41.5. The number of phenols is 1. The molecule has 0 atom stereocenters. The first-order chi connectivity index (χ1) is 68.7. The minimum absolute atomic E-state index is 0.110. The number of nitrogen functional groups attached to an aromatic ring is 2. The van der Waals surface area contributed by atoms with Crippen molar-refractivity contribution in [2.45, 2.75) is 121 Å².